The lowest BCUT2D eigenvalue weighted by molar-refractivity contribution is -0.149. The largest absolute Gasteiger partial charge is 0.481 e. The molecule has 6 heteroatoms. The summed E-state index contributed by atoms with van der Waals surface area (Å²) in [4.78, 5) is 10.2. The minimum atomic E-state index is -4.42. The minimum Gasteiger partial charge on any atom is -0.481 e. The van der Waals surface area contributed by atoms with Crippen LogP contribution in [0, 0.1) is 0 Å². The van der Waals surface area contributed by atoms with E-state index < -0.39 is 23.8 Å². The van der Waals surface area contributed by atoms with Crippen LogP contribution in [0.5, 0.6) is 0 Å². The Morgan fingerprint density at radius 3 is 2.43 bits per heavy atom. The molecule has 0 saturated heterocycles. The lowest BCUT2D eigenvalue weighted by Gasteiger charge is -2.17. The van der Waals surface area contributed by atoms with Gasteiger partial charge in [-0.3, -0.25) is 4.79 Å². The van der Waals surface area contributed by atoms with Crippen molar-refractivity contribution in [3.8, 4) is 0 Å². The van der Waals surface area contributed by atoms with Crippen molar-refractivity contribution in [2.24, 2.45) is 0 Å². The quantitative estimate of drug-likeness (QED) is 0.713. The maximum absolute atomic E-state index is 12.2. The van der Waals surface area contributed by atoms with Crippen LogP contribution in [0.1, 0.15) is 26.2 Å². The fourth-order valence-electron chi connectivity index (χ4n) is 0.798. The van der Waals surface area contributed by atoms with Gasteiger partial charge < -0.3 is 5.11 Å². The van der Waals surface area contributed by atoms with E-state index in [4.69, 9.17) is 5.11 Å². The second kappa shape index (κ2) is 6.16. The second-order valence-corrected chi connectivity index (χ2v) is 4.16. The zero-order valence-corrected chi connectivity index (χ0v) is 8.62. The number of hydrogen-bond acceptors (Lipinski definition) is 2. The first-order chi connectivity index (χ1) is 6.38. The highest BCUT2D eigenvalue weighted by Gasteiger charge is 2.40. The predicted octanol–water partition coefficient (Wildman–Crippen LogP) is 2.93. The van der Waals surface area contributed by atoms with Gasteiger partial charge in [-0.1, -0.05) is 13.3 Å². The fourth-order valence-corrected chi connectivity index (χ4v) is 1.99. The van der Waals surface area contributed by atoms with Gasteiger partial charge >= 0.3 is 12.1 Å². The number of alkyl halides is 3. The standard InChI is InChI=1S/C8H13F3O2S/c1-2-3-4-14-6(5-7(12)13)8(9,10)11/h6H,2-5H2,1H3,(H,12,13). The Bertz CT molecular complexity index is 182. The van der Waals surface area contributed by atoms with Crippen LogP contribution in [0.4, 0.5) is 13.2 Å². The third-order valence-electron chi connectivity index (χ3n) is 1.54. The number of aliphatic carboxylic acids is 1. The topological polar surface area (TPSA) is 37.3 Å². The van der Waals surface area contributed by atoms with Gasteiger partial charge in [0.2, 0.25) is 0 Å². The zero-order chi connectivity index (χ0) is 11.2. The summed E-state index contributed by atoms with van der Waals surface area (Å²) in [5.41, 5.74) is 0. The molecule has 0 rings (SSSR count). The second-order valence-electron chi connectivity index (χ2n) is 2.85. The van der Waals surface area contributed by atoms with E-state index in [1.165, 1.54) is 0 Å². The molecular formula is C8H13F3O2S. The first-order valence-corrected chi connectivity index (χ1v) is 5.33. The summed E-state index contributed by atoms with van der Waals surface area (Å²) in [5, 5.41) is 6.52. The molecule has 84 valence electrons. The van der Waals surface area contributed by atoms with Crippen LogP contribution in [0.25, 0.3) is 0 Å². The molecule has 0 amide bonds. The van der Waals surface area contributed by atoms with Gasteiger partial charge in [-0.05, 0) is 12.2 Å². The molecule has 1 atom stereocenters. The van der Waals surface area contributed by atoms with Crippen molar-refractivity contribution in [1.82, 2.24) is 0 Å². The van der Waals surface area contributed by atoms with E-state index in [2.05, 4.69) is 0 Å². The molecule has 2 nitrogen and oxygen atoms in total. The van der Waals surface area contributed by atoms with Gasteiger partial charge in [-0.25, -0.2) is 0 Å². The maximum Gasteiger partial charge on any atom is 0.401 e. The van der Waals surface area contributed by atoms with E-state index in [1.54, 1.807) is 0 Å². The molecule has 0 aromatic carbocycles. The van der Waals surface area contributed by atoms with Gasteiger partial charge in [-0.15, -0.1) is 11.8 Å². The summed E-state index contributed by atoms with van der Waals surface area (Å²) < 4.78 is 36.7. The van der Waals surface area contributed by atoms with Crippen LogP contribution in [0.3, 0.4) is 0 Å². The fraction of sp³-hybridized carbons (Fsp3) is 0.875. The Balaban J connectivity index is 4.05. The number of rotatable bonds is 6. The highest BCUT2D eigenvalue weighted by atomic mass is 32.2. The van der Waals surface area contributed by atoms with Gasteiger partial charge in [0.25, 0.3) is 0 Å². The minimum absolute atomic E-state index is 0.355. The van der Waals surface area contributed by atoms with Crippen LogP contribution in [0.2, 0.25) is 0 Å². The first-order valence-electron chi connectivity index (χ1n) is 4.28. The van der Waals surface area contributed by atoms with Crippen molar-refractivity contribution in [3.63, 3.8) is 0 Å². The maximum atomic E-state index is 12.2. The number of carboxylic acids is 1. The van der Waals surface area contributed by atoms with E-state index in [-0.39, 0.29) is 0 Å². The normalized spacial score (nSPS) is 14.0. The third kappa shape index (κ3) is 6.12. The molecule has 0 aliphatic heterocycles. The van der Waals surface area contributed by atoms with Crippen LogP contribution < -0.4 is 0 Å². The number of thioether (sulfide) groups is 1. The first kappa shape index (κ1) is 13.6. The summed E-state index contributed by atoms with van der Waals surface area (Å²) in [6.07, 6.45) is -3.78. The Kier molecular flexibility index (Phi) is 5.99. The third-order valence-corrected chi connectivity index (χ3v) is 2.90. The predicted molar refractivity (Wildman–Crippen MR) is 49.5 cm³/mol. The lowest BCUT2D eigenvalue weighted by Crippen LogP contribution is -2.28. The van der Waals surface area contributed by atoms with Crippen molar-refractivity contribution in [2.45, 2.75) is 37.6 Å². The van der Waals surface area contributed by atoms with Gasteiger partial charge in [0.05, 0.1) is 6.42 Å². The van der Waals surface area contributed by atoms with E-state index in [0.717, 1.165) is 6.42 Å². The molecule has 0 fully saturated rings. The highest BCUT2D eigenvalue weighted by molar-refractivity contribution is 8.00. The molecule has 0 aliphatic carbocycles. The Morgan fingerprint density at radius 2 is 2.07 bits per heavy atom. The number of carboxylic acid groups (broad SMARTS) is 1. The average molecular weight is 230 g/mol. The van der Waals surface area contributed by atoms with Crippen LogP contribution in [0.15, 0.2) is 0 Å². The van der Waals surface area contributed by atoms with E-state index in [1.807, 2.05) is 6.92 Å². The van der Waals surface area contributed by atoms with Crippen molar-refractivity contribution < 1.29 is 23.1 Å². The van der Waals surface area contributed by atoms with Crippen LogP contribution >= 0.6 is 11.8 Å². The molecule has 0 radical (unpaired) electrons. The molecule has 0 spiro atoms. The molecule has 1 unspecified atom stereocenters. The molecule has 14 heavy (non-hydrogen) atoms. The lowest BCUT2D eigenvalue weighted by atomic mass is 10.3. The number of unbranched alkanes of at least 4 members (excludes halogenated alkanes) is 1. The Morgan fingerprint density at radius 1 is 1.50 bits per heavy atom. The number of carbonyl (C=O) groups is 1. The zero-order valence-electron chi connectivity index (χ0n) is 7.80. The van der Waals surface area contributed by atoms with Crippen molar-refractivity contribution in [3.05, 3.63) is 0 Å². The van der Waals surface area contributed by atoms with E-state index in [9.17, 15) is 18.0 Å². The van der Waals surface area contributed by atoms with E-state index in [0.29, 0.717) is 23.9 Å². The smallest absolute Gasteiger partial charge is 0.401 e. The Labute approximate surface area is 84.9 Å². The van der Waals surface area contributed by atoms with Crippen molar-refractivity contribution in [1.29, 1.82) is 0 Å². The summed E-state index contributed by atoms with van der Waals surface area (Å²) in [5.74, 6) is -1.05. The van der Waals surface area contributed by atoms with Crippen molar-refractivity contribution >= 4 is 17.7 Å². The molecule has 0 aromatic rings. The molecule has 0 bridgehead atoms. The Hall–Kier alpha value is -0.390. The van der Waals surface area contributed by atoms with Crippen molar-refractivity contribution in [2.75, 3.05) is 5.75 Å². The molecule has 0 saturated carbocycles. The van der Waals surface area contributed by atoms with Gasteiger partial charge in [0, 0.05) is 0 Å². The molecule has 0 aliphatic rings. The van der Waals surface area contributed by atoms with Gasteiger partial charge in [0.1, 0.15) is 5.25 Å². The molecule has 0 aromatic heterocycles. The monoisotopic (exact) mass is 230 g/mol. The average Bonchev–Trinajstić information content (AvgIpc) is 2.00. The van der Waals surface area contributed by atoms with E-state index >= 15 is 0 Å². The summed E-state index contributed by atoms with van der Waals surface area (Å²) >= 11 is 0.676. The van der Waals surface area contributed by atoms with Gasteiger partial charge in [-0.2, -0.15) is 13.2 Å². The molecular weight excluding hydrogens is 217 g/mol. The number of halogens is 3. The molecule has 1 N–H and O–H groups in total. The highest BCUT2D eigenvalue weighted by Crippen LogP contribution is 2.33. The summed E-state index contributed by atoms with van der Waals surface area (Å²) in [6, 6.07) is 0. The summed E-state index contributed by atoms with van der Waals surface area (Å²) in [7, 11) is 0. The van der Waals surface area contributed by atoms with Gasteiger partial charge in [0.15, 0.2) is 0 Å². The SMILES string of the molecule is CCCCSC(CC(=O)O)C(F)(F)F. The summed E-state index contributed by atoms with van der Waals surface area (Å²) in [6.45, 7) is 1.88. The van der Waals surface area contributed by atoms with Crippen LogP contribution in [-0.2, 0) is 4.79 Å². The molecule has 0 heterocycles. The number of hydrogen-bond donors (Lipinski definition) is 1. The van der Waals surface area contributed by atoms with Crippen LogP contribution in [-0.4, -0.2) is 28.3 Å².